The number of anilines is 1. The number of aromatic amines is 1. The van der Waals surface area contributed by atoms with Crippen LogP contribution in [0.2, 0.25) is 0 Å². The lowest BCUT2D eigenvalue weighted by Crippen LogP contribution is -2.42. The van der Waals surface area contributed by atoms with Crippen LogP contribution < -0.4 is 14.5 Å². The number of amides is 2. The summed E-state index contributed by atoms with van der Waals surface area (Å²) < 4.78 is 46.5. The molecule has 1 aromatic heterocycles. The van der Waals surface area contributed by atoms with Gasteiger partial charge in [-0.25, -0.2) is 0 Å². The molecule has 2 aliphatic carbocycles. The molecule has 2 saturated carbocycles. The molecule has 2 aliphatic heterocycles. The molecule has 2 amide bonds. The molecule has 4 aliphatic rings. The number of alkyl halides is 3. The number of hydrogen-bond donors (Lipinski definition) is 1. The van der Waals surface area contributed by atoms with Crippen LogP contribution in [0.4, 0.5) is 18.9 Å². The van der Waals surface area contributed by atoms with Gasteiger partial charge in [-0.2, -0.15) is 13.2 Å². The van der Waals surface area contributed by atoms with Gasteiger partial charge in [0.05, 0.1) is 28.1 Å². The molecule has 1 N–H and O–H groups in total. The Kier molecular flexibility index (Phi) is 6.58. The van der Waals surface area contributed by atoms with Gasteiger partial charge in [0.25, 0.3) is 0 Å². The van der Waals surface area contributed by atoms with Crippen LogP contribution in [0, 0.1) is 36.5 Å². The van der Waals surface area contributed by atoms with Crippen LogP contribution in [0.15, 0.2) is 82.6 Å². The van der Waals surface area contributed by atoms with Crippen LogP contribution in [0.1, 0.15) is 39.5 Å². The minimum atomic E-state index is -4.59. The zero-order valence-corrected chi connectivity index (χ0v) is 25.5. The maximum atomic E-state index is 13.9. The van der Waals surface area contributed by atoms with E-state index in [1.807, 2.05) is 55.5 Å². The number of benzene rings is 3. The number of halogens is 3. The lowest BCUT2D eigenvalue weighted by molar-refractivity contribution is -0.137. The van der Waals surface area contributed by atoms with Gasteiger partial charge in [-0.1, -0.05) is 53.8 Å². The molecule has 3 fully saturated rings. The van der Waals surface area contributed by atoms with Crippen molar-refractivity contribution >= 4 is 40.6 Å². The lowest BCUT2D eigenvalue weighted by Gasteiger charge is -2.43. The fraction of sp³-hybridized carbons (Fsp3) is 0.324. The number of aromatic nitrogens is 1. The molecule has 11 heteroatoms. The molecular formula is C34H27F3N2O4S2. The third kappa shape index (κ3) is 4.49. The summed E-state index contributed by atoms with van der Waals surface area (Å²) in [6.45, 7) is 2.48. The fourth-order valence-corrected chi connectivity index (χ4v) is 11.1. The van der Waals surface area contributed by atoms with Crippen molar-refractivity contribution in [2.75, 3.05) is 4.90 Å². The number of imide groups is 1. The molecule has 0 radical (unpaired) electrons. The molecule has 3 heterocycles. The Hall–Kier alpha value is -3.83. The van der Waals surface area contributed by atoms with Crippen molar-refractivity contribution in [3.05, 3.63) is 110 Å². The monoisotopic (exact) mass is 648 g/mol. The molecule has 0 spiro atoms. The second kappa shape index (κ2) is 10.3. The van der Waals surface area contributed by atoms with E-state index in [2.05, 4.69) is 4.98 Å². The Labute approximate surface area is 264 Å². The number of fused-ring (bicyclic) bond motifs is 9. The first-order chi connectivity index (χ1) is 21.6. The highest BCUT2D eigenvalue weighted by molar-refractivity contribution is 8.00. The van der Waals surface area contributed by atoms with E-state index in [4.69, 9.17) is 4.74 Å². The zero-order valence-electron chi connectivity index (χ0n) is 23.9. The van der Waals surface area contributed by atoms with Crippen molar-refractivity contribution < 1.29 is 27.5 Å². The average molecular weight is 649 g/mol. The molecule has 2 bridgehead atoms. The predicted octanol–water partition coefficient (Wildman–Crippen LogP) is 7.02. The maximum absolute atomic E-state index is 13.9. The third-order valence-electron chi connectivity index (χ3n) is 10.1. The van der Waals surface area contributed by atoms with E-state index >= 15 is 0 Å². The van der Waals surface area contributed by atoms with E-state index in [0.717, 1.165) is 43.6 Å². The van der Waals surface area contributed by atoms with Gasteiger partial charge < -0.3 is 9.72 Å². The third-order valence-corrected chi connectivity index (χ3v) is 12.6. The van der Waals surface area contributed by atoms with Crippen LogP contribution in [-0.2, 0) is 22.4 Å². The minimum absolute atomic E-state index is 0.0165. The Morgan fingerprint density at radius 2 is 1.67 bits per heavy atom. The number of aryl methyl sites for hydroxylation is 1. The minimum Gasteiger partial charge on any atom is -0.489 e. The van der Waals surface area contributed by atoms with Gasteiger partial charge in [0, 0.05) is 16.0 Å². The number of ether oxygens (including phenoxy) is 1. The summed E-state index contributed by atoms with van der Waals surface area (Å²) in [4.78, 5) is 45.0. The van der Waals surface area contributed by atoms with E-state index in [-0.39, 0.29) is 39.5 Å². The number of thioether (sulfide) groups is 1. The van der Waals surface area contributed by atoms with E-state index in [1.54, 1.807) is 11.8 Å². The van der Waals surface area contributed by atoms with Gasteiger partial charge in [-0.15, -0.1) is 11.8 Å². The van der Waals surface area contributed by atoms with Crippen LogP contribution >= 0.6 is 23.1 Å². The van der Waals surface area contributed by atoms with E-state index < -0.39 is 35.4 Å². The SMILES string of the molecule is Cc1ccccc1COc1ccc([C@@H]2c3sc(=O)[nH]c3S[C@@H]3[C@@H]4C[C@@H]([C@@H]5C(=O)N(c6cccc(C(F)(F)F)c6)C(=O)[C@@H]45)[C@@H]23)cc1. The molecule has 230 valence electrons. The van der Waals surface area contributed by atoms with Crippen LogP contribution in [0.5, 0.6) is 5.75 Å². The number of thiazole rings is 1. The molecule has 0 unspecified atom stereocenters. The van der Waals surface area contributed by atoms with Gasteiger partial charge >= 0.3 is 11.0 Å². The van der Waals surface area contributed by atoms with Gasteiger partial charge in [0.15, 0.2) is 0 Å². The van der Waals surface area contributed by atoms with Crippen molar-refractivity contribution in [2.24, 2.45) is 29.6 Å². The van der Waals surface area contributed by atoms with Gasteiger partial charge in [-0.05, 0) is 78.1 Å². The number of carbonyl (C=O) groups is 2. The van der Waals surface area contributed by atoms with Crippen LogP contribution in [0.25, 0.3) is 0 Å². The number of rotatable bonds is 5. The highest BCUT2D eigenvalue weighted by Crippen LogP contribution is 2.68. The molecule has 1 saturated heterocycles. The summed E-state index contributed by atoms with van der Waals surface area (Å²) >= 11 is 2.75. The largest absolute Gasteiger partial charge is 0.489 e. The molecule has 8 rings (SSSR count). The first kappa shape index (κ1) is 28.6. The molecule has 6 nitrogen and oxygen atoms in total. The van der Waals surface area contributed by atoms with Crippen molar-refractivity contribution in [3.63, 3.8) is 0 Å². The molecule has 45 heavy (non-hydrogen) atoms. The molecule has 7 atom stereocenters. The van der Waals surface area contributed by atoms with Crippen molar-refractivity contribution in [3.8, 4) is 5.75 Å². The van der Waals surface area contributed by atoms with Gasteiger partial charge in [0.2, 0.25) is 11.8 Å². The number of hydrogen-bond acceptors (Lipinski definition) is 6. The first-order valence-electron chi connectivity index (χ1n) is 14.8. The Bertz CT molecular complexity index is 1900. The van der Waals surface area contributed by atoms with E-state index in [0.29, 0.717) is 18.8 Å². The topological polar surface area (TPSA) is 79.5 Å². The maximum Gasteiger partial charge on any atom is 0.416 e. The van der Waals surface area contributed by atoms with Gasteiger partial charge in [0.1, 0.15) is 12.4 Å². The van der Waals surface area contributed by atoms with E-state index in [9.17, 15) is 27.6 Å². The van der Waals surface area contributed by atoms with Crippen molar-refractivity contribution in [2.45, 2.75) is 42.3 Å². The van der Waals surface area contributed by atoms with Crippen molar-refractivity contribution in [1.29, 1.82) is 0 Å². The highest BCUT2D eigenvalue weighted by atomic mass is 32.2. The first-order valence-corrected chi connectivity index (χ1v) is 16.5. The second-order valence-corrected chi connectivity index (χ2v) is 14.5. The second-order valence-electron chi connectivity index (χ2n) is 12.3. The number of nitrogens with zero attached hydrogens (tertiary/aromatic N) is 1. The van der Waals surface area contributed by atoms with Crippen molar-refractivity contribution in [1.82, 2.24) is 4.98 Å². The molecule has 4 aromatic rings. The summed E-state index contributed by atoms with van der Waals surface area (Å²) in [6, 6.07) is 20.4. The van der Waals surface area contributed by atoms with Crippen LogP contribution in [-0.4, -0.2) is 22.0 Å². The Morgan fingerprint density at radius 1 is 0.933 bits per heavy atom. The molecular weight excluding hydrogens is 622 g/mol. The molecule has 3 aromatic carbocycles. The normalized spacial score (nSPS) is 28.3. The number of nitrogens with one attached hydrogen (secondary N) is 1. The van der Waals surface area contributed by atoms with Crippen LogP contribution in [0.3, 0.4) is 0 Å². The average Bonchev–Trinajstić information content (AvgIpc) is 3.75. The fourth-order valence-electron chi connectivity index (χ4n) is 8.17. The zero-order chi connectivity index (χ0) is 31.2. The standard InChI is InChI=1S/C34H27F3N2O4S2/c1-16-5-2-3-6-18(16)15-43-21-11-9-17(10-12-21)24-25-22-14-23(28(25)44-30-29(24)45-33(42)38-30)27-26(22)31(40)39(32(27)41)20-8-4-7-19(13-20)34(35,36)37/h2-13,22-28H,14-15H2,1H3,(H,38,42)/t22-,23-,24+,25+,26+,27+,28-/m1/s1. The number of H-pyrrole nitrogens is 1. The lowest BCUT2D eigenvalue weighted by atomic mass is 9.68. The highest BCUT2D eigenvalue weighted by Gasteiger charge is 2.69. The smallest absolute Gasteiger partial charge is 0.416 e. The number of carbonyl (C=O) groups excluding carboxylic acids is 2. The summed E-state index contributed by atoms with van der Waals surface area (Å²) in [5.41, 5.74) is 2.31. The Morgan fingerprint density at radius 3 is 2.40 bits per heavy atom. The Balaban J connectivity index is 1.11. The predicted molar refractivity (Wildman–Crippen MR) is 164 cm³/mol. The summed E-state index contributed by atoms with van der Waals surface area (Å²) in [6.07, 6.45) is -3.90. The quantitative estimate of drug-likeness (QED) is 0.236. The summed E-state index contributed by atoms with van der Waals surface area (Å²) in [5.74, 6) is -1.77. The summed E-state index contributed by atoms with van der Waals surface area (Å²) in [7, 11) is 0. The van der Waals surface area contributed by atoms with Gasteiger partial charge in [-0.3, -0.25) is 19.3 Å². The van der Waals surface area contributed by atoms with E-state index in [1.165, 1.54) is 23.5 Å². The summed E-state index contributed by atoms with van der Waals surface area (Å²) in [5, 5.41) is 0.779.